The molecule has 1 heterocycles. The van der Waals surface area contributed by atoms with Crippen molar-refractivity contribution in [2.24, 2.45) is 5.41 Å². The number of phenols is 1. The van der Waals surface area contributed by atoms with Crippen molar-refractivity contribution in [1.29, 1.82) is 0 Å². The second-order valence-corrected chi connectivity index (χ2v) is 9.48. The zero-order valence-corrected chi connectivity index (χ0v) is 19.7. The van der Waals surface area contributed by atoms with Crippen LogP contribution in [0.1, 0.15) is 42.0 Å². The van der Waals surface area contributed by atoms with Gasteiger partial charge in [-0.2, -0.15) is 13.2 Å². The standard InChI is InChI=1S/C24H29ClF3N3O2/c1-15-10-19(32)6-4-16(15)11-18(31(2)3)14-30-22(33)12-20(21-7-5-17(25)13-29-21)23(8-9-23)24(26,27)28/h4-7,10,13,18,20,32H,8-9,11-12,14H2,1-3H3,(H,30,33)/t18-,20?/m0/s1. The van der Waals surface area contributed by atoms with Gasteiger partial charge in [0.25, 0.3) is 0 Å². The Morgan fingerprint density at radius 2 is 1.97 bits per heavy atom. The van der Waals surface area contributed by atoms with Gasteiger partial charge >= 0.3 is 6.18 Å². The third-order valence-electron chi connectivity index (χ3n) is 6.56. The van der Waals surface area contributed by atoms with Crippen LogP contribution < -0.4 is 5.32 Å². The van der Waals surface area contributed by atoms with Crippen LogP contribution >= 0.6 is 11.6 Å². The fourth-order valence-electron chi connectivity index (χ4n) is 4.23. The van der Waals surface area contributed by atoms with Gasteiger partial charge in [0.1, 0.15) is 5.75 Å². The van der Waals surface area contributed by atoms with E-state index in [0.29, 0.717) is 11.4 Å². The van der Waals surface area contributed by atoms with Crippen molar-refractivity contribution in [3.63, 3.8) is 0 Å². The number of carbonyl (C=O) groups is 1. The van der Waals surface area contributed by atoms with Crippen molar-refractivity contribution in [3.8, 4) is 5.75 Å². The Bertz CT molecular complexity index is 976. The van der Waals surface area contributed by atoms with Gasteiger partial charge in [-0.3, -0.25) is 9.78 Å². The number of hydrogen-bond acceptors (Lipinski definition) is 4. The molecular weight excluding hydrogens is 455 g/mol. The number of rotatable bonds is 9. The van der Waals surface area contributed by atoms with E-state index >= 15 is 0 Å². The minimum atomic E-state index is -4.41. The van der Waals surface area contributed by atoms with Crippen LogP contribution in [0.25, 0.3) is 0 Å². The van der Waals surface area contributed by atoms with Crippen LogP contribution in [0, 0.1) is 12.3 Å². The van der Waals surface area contributed by atoms with E-state index in [2.05, 4.69) is 10.3 Å². The Hall–Kier alpha value is -2.32. The zero-order valence-electron chi connectivity index (χ0n) is 18.9. The van der Waals surface area contributed by atoms with E-state index in [1.165, 1.54) is 18.3 Å². The molecule has 0 spiro atoms. The molecule has 33 heavy (non-hydrogen) atoms. The van der Waals surface area contributed by atoms with E-state index in [0.717, 1.165) is 11.1 Å². The van der Waals surface area contributed by atoms with Crippen LogP contribution in [-0.4, -0.2) is 53.8 Å². The lowest BCUT2D eigenvalue weighted by Crippen LogP contribution is -2.43. The molecule has 3 rings (SSSR count). The third kappa shape index (κ3) is 5.98. The van der Waals surface area contributed by atoms with Gasteiger partial charge in [-0.1, -0.05) is 17.7 Å². The Balaban J connectivity index is 1.71. The summed E-state index contributed by atoms with van der Waals surface area (Å²) in [6, 6.07) is 8.04. The van der Waals surface area contributed by atoms with Gasteiger partial charge in [-0.15, -0.1) is 0 Å². The second-order valence-electron chi connectivity index (χ2n) is 9.05. The smallest absolute Gasteiger partial charge is 0.395 e. The van der Waals surface area contributed by atoms with Gasteiger partial charge in [0.05, 0.1) is 10.4 Å². The normalized spacial score (nSPS) is 17.0. The average Bonchev–Trinajstić information content (AvgIpc) is 3.53. The number of aryl methyl sites for hydroxylation is 1. The van der Waals surface area contributed by atoms with E-state index in [1.807, 2.05) is 32.0 Å². The summed E-state index contributed by atoms with van der Waals surface area (Å²) in [5.41, 5.74) is 0.268. The van der Waals surface area contributed by atoms with Crippen molar-refractivity contribution in [1.82, 2.24) is 15.2 Å². The van der Waals surface area contributed by atoms with Gasteiger partial charge in [-0.25, -0.2) is 0 Å². The molecule has 2 N–H and O–H groups in total. The highest BCUT2D eigenvalue weighted by atomic mass is 35.5. The maximum absolute atomic E-state index is 13.9. The van der Waals surface area contributed by atoms with Crippen LogP contribution in [0.4, 0.5) is 13.2 Å². The lowest BCUT2D eigenvalue weighted by molar-refractivity contribution is -0.195. The molecule has 0 saturated heterocycles. The van der Waals surface area contributed by atoms with E-state index in [1.54, 1.807) is 12.1 Å². The Labute approximate surface area is 197 Å². The number of aromatic nitrogens is 1. The molecule has 0 bridgehead atoms. The summed E-state index contributed by atoms with van der Waals surface area (Å²) in [7, 11) is 3.77. The molecule has 9 heteroatoms. The largest absolute Gasteiger partial charge is 0.508 e. The van der Waals surface area contributed by atoms with Crippen LogP contribution in [0.5, 0.6) is 5.75 Å². The van der Waals surface area contributed by atoms with Gasteiger partial charge in [0.15, 0.2) is 0 Å². The number of phenolic OH excluding ortho intramolecular Hbond substituents is 1. The van der Waals surface area contributed by atoms with Gasteiger partial charge < -0.3 is 15.3 Å². The molecule has 0 radical (unpaired) electrons. The second kappa shape index (κ2) is 9.89. The van der Waals surface area contributed by atoms with Crippen molar-refractivity contribution < 1.29 is 23.1 Å². The van der Waals surface area contributed by atoms with Crippen LogP contribution in [0.2, 0.25) is 5.02 Å². The molecule has 1 fully saturated rings. The zero-order chi connectivity index (χ0) is 24.4. The number of pyridine rings is 1. The molecule has 1 aromatic carbocycles. The molecule has 5 nitrogen and oxygen atoms in total. The maximum atomic E-state index is 13.9. The van der Waals surface area contributed by atoms with E-state index in [9.17, 15) is 23.1 Å². The summed E-state index contributed by atoms with van der Waals surface area (Å²) < 4.78 is 41.6. The molecule has 1 aliphatic rings. The maximum Gasteiger partial charge on any atom is 0.395 e. The molecular formula is C24H29ClF3N3O2. The summed E-state index contributed by atoms with van der Waals surface area (Å²) in [6.45, 7) is 2.18. The van der Waals surface area contributed by atoms with Crippen LogP contribution in [0.3, 0.4) is 0 Å². The number of nitrogens with zero attached hydrogens (tertiary/aromatic N) is 2. The number of nitrogens with one attached hydrogen (secondary N) is 1. The van der Waals surface area contributed by atoms with Crippen molar-refractivity contribution in [2.75, 3.05) is 20.6 Å². The number of alkyl halides is 3. The summed E-state index contributed by atoms with van der Waals surface area (Å²) in [5, 5.41) is 12.8. The van der Waals surface area contributed by atoms with Gasteiger partial charge in [-0.05, 0) is 75.7 Å². The number of hydrogen-bond donors (Lipinski definition) is 2. The van der Waals surface area contributed by atoms with Crippen LogP contribution in [0.15, 0.2) is 36.5 Å². The monoisotopic (exact) mass is 483 g/mol. The first-order valence-corrected chi connectivity index (χ1v) is 11.2. The van der Waals surface area contributed by atoms with E-state index in [-0.39, 0.29) is 43.3 Å². The Morgan fingerprint density at radius 1 is 1.27 bits per heavy atom. The Kier molecular flexibility index (Phi) is 7.59. The number of benzene rings is 1. The number of carbonyl (C=O) groups excluding carboxylic acids is 1. The summed E-state index contributed by atoms with van der Waals surface area (Å²) in [5.74, 6) is -1.32. The fourth-order valence-corrected chi connectivity index (χ4v) is 4.34. The quantitative estimate of drug-likeness (QED) is 0.535. The van der Waals surface area contributed by atoms with Gasteiger partial charge in [0.2, 0.25) is 5.91 Å². The average molecular weight is 484 g/mol. The molecule has 2 aromatic rings. The molecule has 1 aliphatic carbocycles. The molecule has 1 saturated carbocycles. The summed E-state index contributed by atoms with van der Waals surface area (Å²) in [6.07, 6.45) is -2.81. The molecule has 0 aliphatic heterocycles. The summed E-state index contributed by atoms with van der Waals surface area (Å²) >= 11 is 5.86. The topological polar surface area (TPSA) is 65.5 Å². The van der Waals surface area contributed by atoms with Gasteiger partial charge in [0, 0.05) is 36.8 Å². The Morgan fingerprint density at radius 3 is 2.48 bits per heavy atom. The van der Waals surface area contributed by atoms with Crippen molar-refractivity contribution in [2.45, 2.75) is 50.7 Å². The first-order valence-electron chi connectivity index (χ1n) is 10.8. The van der Waals surface area contributed by atoms with E-state index < -0.39 is 23.4 Å². The first-order chi connectivity index (χ1) is 15.4. The fraction of sp³-hybridized carbons (Fsp3) is 0.500. The molecule has 1 amide bonds. The molecule has 1 unspecified atom stereocenters. The molecule has 1 aromatic heterocycles. The number of amides is 1. The SMILES string of the molecule is Cc1cc(O)ccc1C[C@@H](CNC(=O)CC(c1ccc(Cl)cn1)C1(C(F)(F)F)CC1)N(C)C. The lowest BCUT2D eigenvalue weighted by atomic mass is 9.82. The highest BCUT2D eigenvalue weighted by Crippen LogP contribution is 2.65. The summed E-state index contributed by atoms with van der Waals surface area (Å²) in [4.78, 5) is 18.9. The van der Waals surface area contributed by atoms with Crippen molar-refractivity contribution >= 4 is 17.5 Å². The molecule has 2 atom stereocenters. The molecule has 180 valence electrons. The number of aromatic hydroxyl groups is 1. The minimum absolute atomic E-state index is 0.0147. The minimum Gasteiger partial charge on any atom is -0.508 e. The number of halogens is 4. The lowest BCUT2D eigenvalue weighted by Gasteiger charge is -2.29. The highest BCUT2D eigenvalue weighted by molar-refractivity contribution is 6.30. The van der Waals surface area contributed by atoms with Crippen LogP contribution in [-0.2, 0) is 11.2 Å². The first kappa shape index (κ1) is 25.3. The van der Waals surface area contributed by atoms with Crippen molar-refractivity contribution in [3.05, 3.63) is 58.4 Å². The third-order valence-corrected chi connectivity index (χ3v) is 6.79. The van der Waals surface area contributed by atoms with E-state index in [4.69, 9.17) is 11.6 Å². The highest BCUT2D eigenvalue weighted by Gasteiger charge is 2.67. The predicted octanol–water partition coefficient (Wildman–Crippen LogP) is 4.85. The number of likely N-dealkylation sites (N-methyl/N-ethyl adjacent to an activating group) is 1. The predicted molar refractivity (Wildman–Crippen MR) is 121 cm³/mol.